The third kappa shape index (κ3) is 4.75. The van der Waals surface area contributed by atoms with E-state index in [-0.39, 0.29) is 11.8 Å². The number of aromatic nitrogens is 1. The van der Waals surface area contributed by atoms with E-state index in [1.54, 1.807) is 24.5 Å². The SMILES string of the molecule is CNC(=O)OC[C@H]1CCc2c(sc(NC(=O)/C=C/c3cccnc3)c2C#N)C1. The van der Waals surface area contributed by atoms with Crippen LogP contribution in [-0.4, -0.2) is 30.6 Å². The van der Waals surface area contributed by atoms with Gasteiger partial charge in [-0.05, 0) is 48.4 Å². The fraction of sp³-hybridized carbons (Fsp3) is 0.300. The second-order valence-corrected chi connectivity index (χ2v) is 7.49. The van der Waals surface area contributed by atoms with Gasteiger partial charge in [-0.2, -0.15) is 5.26 Å². The Morgan fingerprint density at radius 1 is 1.50 bits per heavy atom. The number of nitriles is 1. The molecule has 144 valence electrons. The molecule has 28 heavy (non-hydrogen) atoms. The Kier molecular flexibility index (Phi) is 6.40. The number of fused-ring (bicyclic) bond motifs is 1. The first-order valence-electron chi connectivity index (χ1n) is 8.89. The molecule has 2 heterocycles. The number of ether oxygens (including phenoxy) is 1. The minimum absolute atomic E-state index is 0.212. The number of rotatable bonds is 5. The Labute approximate surface area is 167 Å². The van der Waals surface area contributed by atoms with Crippen LogP contribution >= 0.6 is 11.3 Å². The summed E-state index contributed by atoms with van der Waals surface area (Å²) in [5.41, 5.74) is 2.35. The van der Waals surface area contributed by atoms with Gasteiger partial charge in [0.25, 0.3) is 0 Å². The van der Waals surface area contributed by atoms with Crippen LogP contribution in [0.25, 0.3) is 6.08 Å². The number of thiophene rings is 1. The molecule has 0 bridgehead atoms. The molecule has 1 aliphatic carbocycles. The lowest BCUT2D eigenvalue weighted by atomic mass is 9.88. The van der Waals surface area contributed by atoms with Gasteiger partial charge in [-0.3, -0.25) is 9.78 Å². The van der Waals surface area contributed by atoms with Gasteiger partial charge < -0.3 is 15.4 Å². The fourth-order valence-corrected chi connectivity index (χ4v) is 4.38. The van der Waals surface area contributed by atoms with Gasteiger partial charge in [0.05, 0.1) is 12.2 Å². The van der Waals surface area contributed by atoms with Crippen LogP contribution < -0.4 is 10.6 Å². The predicted octanol–water partition coefficient (Wildman–Crippen LogP) is 3.13. The first-order chi connectivity index (χ1) is 13.6. The molecule has 2 amide bonds. The molecular weight excluding hydrogens is 376 g/mol. The molecule has 0 fully saturated rings. The maximum absolute atomic E-state index is 12.3. The van der Waals surface area contributed by atoms with Crippen LogP contribution in [0, 0.1) is 17.2 Å². The summed E-state index contributed by atoms with van der Waals surface area (Å²) in [6, 6.07) is 5.87. The van der Waals surface area contributed by atoms with Gasteiger partial charge in [-0.1, -0.05) is 6.07 Å². The van der Waals surface area contributed by atoms with E-state index in [0.29, 0.717) is 17.2 Å². The van der Waals surface area contributed by atoms with Crippen molar-refractivity contribution in [1.82, 2.24) is 10.3 Å². The van der Waals surface area contributed by atoms with Crippen LogP contribution in [0.15, 0.2) is 30.6 Å². The Bertz CT molecular complexity index is 931. The Morgan fingerprint density at radius 2 is 2.36 bits per heavy atom. The largest absolute Gasteiger partial charge is 0.449 e. The monoisotopic (exact) mass is 396 g/mol. The standard InChI is InChI=1S/C20H20N4O3S/c1-22-20(26)27-12-14-4-6-15-16(10-21)19(28-17(15)9-14)24-18(25)7-5-13-3-2-8-23-11-13/h2-3,5,7-8,11,14H,4,6,9,12H2,1H3,(H,22,26)(H,24,25)/b7-5+/t14-/m0/s1. The third-order valence-electron chi connectivity index (χ3n) is 4.48. The average Bonchev–Trinajstić information content (AvgIpc) is 3.07. The van der Waals surface area contributed by atoms with Crippen molar-refractivity contribution in [2.45, 2.75) is 19.3 Å². The van der Waals surface area contributed by atoms with E-state index in [1.165, 1.54) is 24.5 Å². The number of hydrogen-bond donors (Lipinski definition) is 2. The number of anilines is 1. The highest BCUT2D eigenvalue weighted by molar-refractivity contribution is 7.16. The average molecular weight is 396 g/mol. The zero-order valence-corrected chi connectivity index (χ0v) is 16.2. The molecule has 2 N–H and O–H groups in total. The molecule has 3 rings (SSSR count). The summed E-state index contributed by atoms with van der Waals surface area (Å²) in [4.78, 5) is 28.6. The molecule has 2 aromatic heterocycles. The van der Waals surface area contributed by atoms with E-state index in [1.807, 2.05) is 6.07 Å². The highest BCUT2D eigenvalue weighted by atomic mass is 32.1. The number of alkyl carbamates (subject to hydrolysis) is 1. The van der Waals surface area contributed by atoms with Crippen LogP contribution in [0.5, 0.6) is 0 Å². The van der Waals surface area contributed by atoms with Crippen LogP contribution in [0.2, 0.25) is 0 Å². The second-order valence-electron chi connectivity index (χ2n) is 6.39. The molecule has 0 aliphatic heterocycles. The third-order valence-corrected chi connectivity index (χ3v) is 5.65. The van der Waals surface area contributed by atoms with E-state index in [0.717, 1.165) is 35.3 Å². The van der Waals surface area contributed by atoms with E-state index in [9.17, 15) is 14.9 Å². The maximum Gasteiger partial charge on any atom is 0.406 e. The number of nitrogens with zero attached hydrogens (tertiary/aromatic N) is 2. The number of pyridine rings is 1. The summed E-state index contributed by atoms with van der Waals surface area (Å²) in [5.74, 6) is -0.0810. The van der Waals surface area contributed by atoms with Crippen molar-refractivity contribution in [3.05, 3.63) is 52.2 Å². The van der Waals surface area contributed by atoms with Crippen molar-refractivity contribution < 1.29 is 14.3 Å². The van der Waals surface area contributed by atoms with Crippen LogP contribution in [0.4, 0.5) is 9.80 Å². The van der Waals surface area contributed by atoms with Crippen LogP contribution in [-0.2, 0) is 22.4 Å². The molecule has 0 saturated carbocycles. The van der Waals surface area contributed by atoms with Gasteiger partial charge in [0.2, 0.25) is 5.91 Å². The fourth-order valence-electron chi connectivity index (χ4n) is 3.07. The van der Waals surface area contributed by atoms with Crippen molar-refractivity contribution in [2.75, 3.05) is 19.0 Å². The minimum Gasteiger partial charge on any atom is -0.449 e. The van der Waals surface area contributed by atoms with Crippen molar-refractivity contribution in [3.8, 4) is 6.07 Å². The minimum atomic E-state index is -0.442. The lowest BCUT2D eigenvalue weighted by Gasteiger charge is -2.21. The first-order valence-corrected chi connectivity index (χ1v) is 9.70. The van der Waals surface area contributed by atoms with E-state index in [2.05, 4.69) is 21.7 Å². The Hall–Kier alpha value is -3.18. The molecule has 0 spiro atoms. The highest BCUT2D eigenvalue weighted by Gasteiger charge is 2.27. The molecule has 0 saturated heterocycles. The zero-order chi connectivity index (χ0) is 19.9. The highest BCUT2D eigenvalue weighted by Crippen LogP contribution is 2.39. The molecule has 0 radical (unpaired) electrons. The van der Waals surface area contributed by atoms with Gasteiger partial charge in [-0.25, -0.2) is 4.79 Å². The molecule has 8 heteroatoms. The molecular formula is C20H20N4O3S. The predicted molar refractivity (Wildman–Crippen MR) is 107 cm³/mol. The quantitative estimate of drug-likeness (QED) is 0.756. The Morgan fingerprint density at radius 3 is 3.07 bits per heavy atom. The number of hydrogen-bond acceptors (Lipinski definition) is 6. The molecule has 0 unspecified atom stereocenters. The smallest absolute Gasteiger partial charge is 0.406 e. The van der Waals surface area contributed by atoms with Crippen molar-refractivity contribution in [2.24, 2.45) is 5.92 Å². The number of carbonyl (C=O) groups excluding carboxylic acids is 2. The molecule has 7 nitrogen and oxygen atoms in total. The number of nitrogens with one attached hydrogen (secondary N) is 2. The first kappa shape index (κ1) is 19.6. The van der Waals surface area contributed by atoms with Gasteiger partial charge in [0, 0.05) is 30.4 Å². The zero-order valence-electron chi connectivity index (χ0n) is 15.4. The summed E-state index contributed by atoms with van der Waals surface area (Å²) in [7, 11) is 1.53. The van der Waals surface area contributed by atoms with Crippen LogP contribution in [0.1, 0.15) is 28.0 Å². The van der Waals surface area contributed by atoms with Crippen molar-refractivity contribution in [3.63, 3.8) is 0 Å². The second kappa shape index (κ2) is 9.15. The normalized spacial score (nSPS) is 15.5. The van der Waals surface area contributed by atoms with Gasteiger partial charge in [-0.15, -0.1) is 11.3 Å². The lowest BCUT2D eigenvalue weighted by Crippen LogP contribution is -2.25. The van der Waals surface area contributed by atoms with Crippen molar-refractivity contribution >= 4 is 34.4 Å². The van der Waals surface area contributed by atoms with E-state index < -0.39 is 6.09 Å². The van der Waals surface area contributed by atoms with Crippen LogP contribution in [0.3, 0.4) is 0 Å². The van der Waals surface area contributed by atoms with E-state index in [4.69, 9.17) is 4.74 Å². The summed E-state index contributed by atoms with van der Waals surface area (Å²) in [6.07, 6.45) is 8.29. The van der Waals surface area contributed by atoms with E-state index >= 15 is 0 Å². The van der Waals surface area contributed by atoms with Gasteiger partial charge in [0.1, 0.15) is 11.1 Å². The summed E-state index contributed by atoms with van der Waals surface area (Å²) in [5, 5.41) is 15.4. The maximum atomic E-state index is 12.3. The Balaban J connectivity index is 1.68. The molecule has 2 aromatic rings. The van der Waals surface area contributed by atoms with Crippen molar-refractivity contribution in [1.29, 1.82) is 5.26 Å². The summed E-state index contributed by atoms with van der Waals surface area (Å²) >= 11 is 1.42. The molecule has 1 aliphatic rings. The lowest BCUT2D eigenvalue weighted by molar-refractivity contribution is -0.111. The molecule has 1 atom stereocenters. The van der Waals surface area contributed by atoms with Gasteiger partial charge >= 0.3 is 6.09 Å². The summed E-state index contributed by atoms with van der Waals surface area (Å²) in [6.45, 7) is 0.342. The van der Waals surface area contributed by atoms with Gasteiger partial charge in [0.15, 0.2) is 0 Å². The topological polar surface area (TPSA) is 104 Å². The number of carbonyl (C=O) groups is 2. The summed E-state index contributed by atoms with van der Waals surface area (Å²) < 4.78 is 5.15. The number of amides is 2. The molecule has 0 aromatic carbocycles.